The molecule has 1 aromatic rings. The molecule has 0 bridgehead atoms. The predicted molar refractivity (Wildman–Crippen MR) is 125 cm³/mol. The Kier molecular flexibility index (Phi) is 12.9. The third-order valence-electron chi connectivity index (χ3n) is 5.85. The quantitative estimate of drug-likeness (QED) is 0.143. The van der Waals surface area contributed by atoms with E-state index in [1.807, 2.05) is 0 Å². The Bertz CT molecular complexity index is 744. The van der Waals surface area contributed by atoms with E-state index < -0.39 is 14.8 Å². The third-order valence-corrected chi connectivity index (χ3v) is 7.92. The smallest absolute Gasteiger partial charge is 0.258 e. The lowest BCUT2D eigenvalue weighted by Crippen LogP contribution is -2.11. The van der Waals surface area contributed by atoms with Crippen LogP contribution in [-0.4, -0.2) is 19.1 Å². The maximum Gasteiger partial charge on any atom is 0.273 e. The number of hydrogen-bond acceptors (Lipinski definition) is 4. The van der Waals surface area contributed by atoms with E-state index in [0.29, 0.717) is 12.0 Å². The highest BCUT2D eigenvalue weighted by molar-refractivity contribution is 7.91. The Labute approximate surface area is 183 Å². The molecule has 0 unspecified atom stereocenters. The fourth-order valence-electron chi connectivity index (χ4n) is 4.08. The molecular formula is C24H41NO4S. The van der Waals surface area contributed by atoms with E-state index in [-0.39, 0.29) is 21.9 Å². The van der Waals surface area contributed by atoms with Crippen molar-refractivity contribution in [2.24, 2.45) is 0 Å². The number of sulfone groups is 1. The summed E-state index contributed by atoms with van der Waals surface area (Å²) in [6.07, 6.45) is 17.0. The van der Waals surface area contributed by atoms with E-state index in [1.165, 1.54) is 83.3 Å². The predicted octanol–water partition coefficient (Wildman–Crippen LogP) is 7.47. The van der Waals surface area contributed by atoms with Gasteiger partial charge < -0.3 is 0 Å². The average Bonchev–Trinajstić information content (AvgIpc) is 2.67. The number of nitro benzene ring substituents is 1. The summed E-state index contributed by atoms with van der Waals surface area (Å²) in [6.45, 7) is 5.48. The van der Waals surface area contributed by atoms with Crippen LogP contribution in [0.3, 0.4) is 0 Å². The number of rotatable bonds is 17. The lowest BCUT2D eigenvalue weighted by Gasteiger charge is -2.11. The van der Waals surface area contributed by atoms with Crippen LogP contribution in [0, 0.1) is 24.0 Å². The second-order valence-corrected chi connectivity index (χ2v) is 10.6. The van der Waals surface area contributed by atoms with Crippen molar-refractivity contribution < 1.29 is 13.3 Å². The first-order chi connectivity index (χ1) is 14.3. The highest BCUT2D eigenvalue weighted by Crippen LogP contribution is 2.29. The minimum absolute atomic E-state index is 0.0634. The Morgan fingerprint density at radius 1 is 0.767 bits per heavy atom. The first-order valence-corrected chi connectivity index (χ1v) is 13.4. The van der Waals surface area contributed by atoms with Crippen molar-refractivity contribution >= 4 is 15.5 Å². The van der Waals surface area contributed by atoms with Crippen LogP contribution >= 0.6 is 0 Å². The Balaban J connectivity index is 2.21. The molecule has 30 heavy (non-hydrogen) atoms. The van der Waals surface area contributed by atoms with E-state index in [0.717, 1.165) is 19.3 Å². The van der Waals surface area contributed by atoms with Crippen LogP contribution in [0.25, 0.3) is 0 Å². The fraction of sp³-hybridized carbons (Fsp3) is 0.750. The Morgan fingerprint density at radius 3 is 1.63 bits per heavy atom. The Morgan fingerprint density at radius 2 is 1.20 bits per heavy atom. The molecule has 0 N–H and O–H groups in total. The molecule has 0 aliphatic carbocycles. The first kappa shape index (κ1) is 26.6. The van der Waals surface area contributed by atoms with Gasteiger partial charge in [0, 0.05) is 11.6 Å². The van der Waals surface area contributed by atoms with Crippen molar-refractivity contribution in [1.82, 2.24) is 0 Å². The van der Waals surface area contributed by atoms with Gasteiger partial charge in [-0.2, -0.15) is 0 Å². The van der Waals surface area contributed by atoms with Crippen molar-refractivity contribution in [3.63, 3.8) is 0 Å². The lowest BCUT2D eigenvalue weighted by atomic mass is 10.0. The monoisotopic (exact) mass is 439 g/mol. The molecule has 0 aromatic heterocycles. The van der Waals surface area contributed by atoms with Gasteiger partial charge in [0.05, 0.1) is 15.6 Å². The van der Waals surface area contributed by atoms with E-state index in [9.17, 15) is 18.5 Å². The van der Waals surface area contributed by atoms with Gasteiger partial charge in [-0.15, -0.1) is 0 Å². The summed E-state index contributed by atoms with van der Waals surface area (Å²) in [4.78, 5) is 10.8. The molecule has 1 rings (SSSR count). The highest BCUT2D eigenvalue weighted by Gasteiger charge is 2.25. The fourth-order valence-corrected chi connectivity index (χ4v) is 6.00. The summed E-state index contributed by atoms with van der Waals surface area (Å²) >= 11 is 0. The van der Waals surface area contributed by atoms with Crippen LogP contribution in [0.1, 0.15) is 108 Å². The molecule has 6 heteroatoms. The van der Waals surface area contributed by atoms with Gasteiger partial charge in [-0.1, -0.05) is 96.5 Å². The van der Waals surface area contributed by atoms with Crippen molar-refractivity contribution in [3.8, 4) is 0 Å². The highest BCUT2D eigenvalue weighted by atomic mass is 32.2. The van der Waals surface area contributed by atoms with Gasteiger partial charge in [0.25, 0.3) is 5.69 Å². The van der Waals surface area contributed by atoms with Crippen molar-refractivity contribution in [3.05, 3.63) is 33.4 Å². The van der Waals surface area contributed by atoms with Crippen molar-refractivity contribution in [2.75, 3.05) is 5.75 Å². The van der Waals surface area contributed by atoms with Gasteiger partial charge in [0.2, 0.25) is 0 Å². The Hall–Kier alpha value is -1.43. The molecule has 0 radical (unpaired) electrons. The molecule has 1 aromatic carbocycles. The summed E-state index contributed by atoms with van der Waals surface area (Å²) in [5, 5.41) is 11.1. The molecule has 0 heterocycles. The summed E-state index contributed by atoms with van der Waals surface area (Å²) in [6, 6.07) is 2.92. The number of nitrogens with zero attached hydrogens (tertiary/aromatic N) is 1. The second-order valence-electron chi connectivity index (χ2n) is 8.53. The molecule has 0 spiro atoms. The van der Waals surface area contributed by atoms with Gasteiger partial charge in [0.1, 0.15) is 0 Å². The number of unbranched alkanes of at least 4 members (excludes halogenated alkanes) is 13. The van der Waals surface area contributed by atoms with Crippen LogP contribution in [0.5, 0.6) is 0 Å². The maximum absolute atomic E-state index is 12.7. The topological polar surface area (TPSA) is 77.3 Å². The first-order valence-electron chi connectivity index (χ1n) is 11.8. The van der Waals surface area contributed by atoms with Crippen LogP contribution < -0.4 is 0 Å². The zero-order valence-electron chi connectivity index (χ0n) is 19.2. The van der Waals surface area contributed by atoms with Crippen LogP contribution in [0.2, 0.25) is 0 Å². The van der Waals surface area contributed by atoms with Gasteiger partial charge in [-0.05, 0) is 25.8 Å². The summed E-state index contributed by atoms with van der Waals surface area (Å²) in [5.74, 6) is 0.0634. The van der Waals surface area contributed by atoms with E-state index in [4.69, 9.17) is 0 Å². The molecule has 0 atom stereocenters. The summed E-state index contributed by atoms with van der Waals surface area (Å²) in [7, 11) is -3.50. The average molecular weight is 440 g/mol. The lowest BCUT2D eigenvalue weighted by molar-refractivity contribution is -0.385. The minimum atomic E-state index is -3.50. The maximum atomic E-state index is 12.7. The molecule has 172 valence electrons. The van der Waals surface area contributed by atoms with E-state index in [2.05, 4.69) is 6.92 Å². The van der Waals surface area contributed by atoms with E-state index >= 15 is 0 Å². The molecule has 0 aliphatic heterocycles. The van der Waals surface area contributed by atoms with Crippen molar-refractivity contribution in [1.29, 1.82) is 0 Å². The van der Waals surface area contributed by atoms with Gasteiger partial charge >= 0.3 is 0 Å². The standard InChI is InChI=1S/C24H41NO4S/c1-4-5-6-7-8-9-10-11-12-13-14-15-16-17-20-30(28,29)24-21(2)18-19-23(22(24)3)25(26)27/h18-19H,4-17,20H2,1-3H3. The molecule has 0 saturated carbocycles. The SMILES string of the molecule is CCCCCCCCCCCCCCCCS(=O)(=O)c1c(C)ccc([N+](=O)[O-])c1C. The summed E-state index contributed by atoms with van der Waals surface area (Å²) in [5.41, 5.74) is 0.717. The normalized spacial score (nSPS) is 11.7. The third kappa shape index (κ3) is 9.59. The molecule has 0 aliphatic rings. The minimum Gasteiger partial charge on any atom is -0.258 e. The van der Waals surface area contributed by atoms with Crippen LogP contribution in [0.15, 0.2) is 17.0 Å². The van der Waals surface area contributed by atoms with Crippen molar-refractivity contribution in [2.45, 2.75) is 116 Å². The number of hydrogen-bond donors (Lipinski definition) is 0. The largest absolute Gasteiger partial charge is 0.273 e. The zero-order chi connectivity index (χ0) is 22.4. The van der Waals surface area contributed by atoms with Gasteiger partial charge in [-0.3, -0.25) is 10.1 Å². The summed E-state index contributed by atoms with van der Waals surface area (Å²) < 4.78 is 25.5. The molecule has 0 amide bonds. The van der Waals surface area contributed by atoms with Gasteiger partial charge in [-0.25, -0.2) is 8.42 Å². The number of aryl methyl sites for hydroxylation is 1. The second kappa shape index (κ2) is 14.6. The molecule has 0 saturated heterocycles. The van der Waals surface area contributed by atoms with E-state index in [1.54, 1.807) is 6.92 Å². The van der Waals surface area contributed by atoms with Gasteiger partial charge in [0.15, 0.2) is 9.84 Å². The number of benzene rings is 1. The molecule has 5 nitrogen and oxygen atoms in total. The van der Waals surface area contributed by atoms with Crippen LogP contribution in [0.4, 0.5) is 5.69 Å². The number of nitro groups is 1. The molecular weight excluding hydrogens is 398 g/mol. The zero-order valence-corrected chi connectivity index (χ0v) is 20.1. The van der Waals surface area contributed by atoms with Crippen LogP contribution in [-0.2, 0) is 9.84 Å². The molecule has 0 fully saturated rings.